The van der Waals surface area contributed by atoms with Crippen molar-refractivity contribution in [2.45, 2.75) is 51.4 Å². The molecule has 1 aliphatic carbocycles. The molecular formula is C20H21N5O. The molecule has 132 valence electrons. The van der Waals surface area contributed by atoms with Crippen molar-refractivity contribution in [1.29, 1.82) is 0 Å². The lowest BCUT2D eigenvalue weighted by Crippen LogP contribution is -2.03. The summed E-state index contributed by atoms with van der Waals surface area (Å²) in [7, 11) is 0. The van der Waals surface area contributed by atoms with Crippen LogP contribution in [0.25, 0.3) is 28.3 Å². The highest BCUT2D eigenvalue weighted by Crippen LogP contribution is 2.38. The molecule has 4 aromatic heterocycles. The van der Waals surface area contributed by atoms with Gasteiger partial charge in [0.05, 0.1) is 0 Å². The molecule has 0 atom stereocenters. The van der Waals surface area contributed by atoms with Crippen LogP contribution in [0.2, 0.25) is 0 Å². The topological polar surface area (TPSA) is 69.1 Å². The molecule has 0 bridgehead atoms. The molecule has 0 saturated heterocycles. The molecule has 4 heterocycles. The Morgan fingerprint density at radius 2 is 2.00 bits per heavy atom. The van der Waals surface area contributed by atoms with Gasteiger partial charge >= 0.3 is 0 Å². The minimum atomic E-state index is 0.383. The summed E-state index contributed by atoms with van der Waals surface area (Å²) >= 11 is 0. The molecule has 0 unspecified atom stereocenters. The van der Waals surface area contributed by atoms with Crippen LogP contribution in [0, 0.1) is 0 Å². The van der Waals surface area contributed by atoms with Crippen molar-refractivity contribution in [1.82, 2.24) is 24.6 Å². The smallest absolute Gasteiger partial charge is 0.267 e. The number of hydrogen-bond acceptors (Lipinski definition) is 5. The van der Waals surface area contributed by atoms with E-state index < -0.39 is 0 Å². The van der Waals surface area contributed by atoms with E-state index in [0.29, 0.717) is 23.4 Å². The van der Waals surface area contributed by atoms with Crippen LogP contribution in [0.15, 0.2) is 35.2 Å². The molecule has 1 aliphatic rings. The van der Waals surface area contributed by atoms with Gasteiger partial charge in [0, 0.05) is 17.3 Å². The SMILES string of the molecule is CC(C)c1cc(C2CCCC2)c2ccc3nc(-c4nnco4)cn3c2n1. The Morgan fingerprint density at radius 3 is 2.73 bits per heavy atom. The highest BCUT2D eigenvalue weighted by atomic mass is 16.4. The van der Waals surface area contributed by atoms with Crippen LogP contribution >= 0.6 is 0 Å². The van der Waals surface area contributed by atoms with Gasteiger partial charge in [0.15, 0.2) is 0 Å². The summed E-state index contributed by atoms with van der Waals surface area (Å²) in [4.78, 5) is 9.62. The van der Waals surface area contributed by atoms with Gasteiger partial charge in [0.1, 0.15) is 17.0 Å². The first kappa shape index (κ1) is 15.5. The van der Waals surface area contributed by atoms with Crippen LogP contribution in [0.3, 0.4) is 0 Å². The predicted octanol–water partition coefficient (Wildman–Crippen LogP) is 4.71. The number of imidazole rings is 1. The standard InChI is InChI=1S/C20H21N5O/c1-12(2)16-9-15(13-5-3-4-6-13)14-7-8-18-22-17(20-24-21-11-26-20)10-25(18)19(14)23-16/h7-13H,3-6H2,1-2H3. The fourth-order valence-electron chi connectivity index (χ4n) is 4.03. The normalized spacial score (nSPS) is 15.7. The van der Waals surface area contributed by atoms with Gasteiger partial charge in [-0.05, 0) is 48.4 Å². The van der Waals surface area contributed by atoms with Gasteiger partial charge in [-0.15, -0.1) is 10.2 Å². The van der Waals surface area contributed by atoms with E-state index in [1.54, 1.807) is 0 Å². The van der Waals surface area contributed by atoms with Gasteiger partial charge in [-0.2, -0.15) is 0 Å². The molecule has 0 aliphatic heterocycles. The minimum absolute atomic E-state index is 0.383. The zero-order chi connectivity index (χ0) is 17.7. The summed E-state index contributed by atoms with van der Waals surface area (Å²) in [6.07, 6.45) is 8.45. The van der Waals surface area contributed by atoms with Crippen LogP contribution in [-0.4, -0.2) is 24.6 Å². The Hall–Kier alpha value is -2.76. The van der Waals surface area contributed by atoms with E-state index in [1.165, 1.54) is 43.0 Å². The number of nitrogens with zero attached hydrogens (tertiary/aromatic N) is 5. The van der Waals surface area contributed by atoms with Gasteiger partial charge in [-0.3, -0.25) is 4.40 Å². The highest BCUT2D eigenvalue weighted by Gasteiger charge is 2.22. The quantitative estimate of drug-likeness (QED) is 0.536. The van der Waals surface area contributed by atoms with Gasteiger partial charge in [0.25, 0.3) is 5.89 Å². The first-order chi connectivity index (χ1) is 12.7. The zero-order valence-corrected chi connectivity index (χ0v) is 15.0. The Balaban J connectivity index is 1.79. The Labute approximate surface area is 151 Å². The second-order valence-corrected chi connectivity index (χ2v) is 7.44. The zero-order valence-electron chi connectivity index (χ0n) is 15.0. The fourth-order valence-corrected chi connectivity index (χ4v) is 4.03. The lowest BCUT2D eigenvalue weighted by atomic mass is 9.93. The average Bonchev–Trinajstić information content (AvgIpc) is 3.41. The Morgan fingerprint density at radius 1 is 1.15 bits per heavy atom. The van der Waals surface area contributed by atoms with Crippen LogP contribution in [0.4, 0.5) is 0 Å². The summed E-state index contributed by atoms with van der Waals surface area (Å²) in [5, 5.41) is 8.95. The number of hydrogen-bond donors (Lipinski definition) is 0. The molecule has 4 aromatic rings. The third-order valence-electron chi connectivity index (χ3n) is 5.42. The number of aromatic nitrogens is 5. The third kappa shape index (κ3) is 2.40. The van der Waals surface area contributed by atoms with Crippen LogP contribution in [0.5, 0.6) is 0 Å². The molecule has 0 amide bonds. The van der Waals surface area contributed by atoms with Gasteiger partial charge in [0.2, 0.25) is 6.39 Å². The summed E-state index contributed by atoms with van der Waals surface area (Å²) in [5.41, 5.74) is 5.06. The van der Waals surface area contributed by atoms with E-state index in [4.69, 9.17) is 9.40 Å². The maximum atomic E-state index is 5.31. The van der Waals surface area contributed by atoms with Gasteiger partial charge < -0.3 is 4.42 Å². The summed E-state index contributed by atoms with van der Waals surface area (Å²) in [6, 6.07) is 6.54. The predicted molar refractivity (Wildman–Crippen MR) is 99.1 cm³/mol. The van der Waals surface area contributed by atoms with E-state index in [-0.39, 0.29) is 0 Å². The van der Waals surface area contributed by atoms with Gasteiger partial charge in [-0.1, -0.05) is 26.7 Å². The summed E-state index contributed by atoms with van der Waals surface area (Å²) in [5.74, 6) is 1.45. The molecule has 6 nitrogen and oxygen atoms in total. The molecule has 1 saturated carbocycles. The maximum absolute atomic E-state index is 5.31. The van der Waals surface area contributed by atoms with E-state index in [9.17, 15) is 0 Å². The lowest BCUT2D eigenvalue weighted by Gasteiger charge is -2.17. The van der Waals surface area contributed by atoms with E-state index >= 15 is 0 Å². The Kier molecular flexibility index (Phi) is 3.51. The maximum Gasteiger partial charge on any atom is 0.267 e. The fraction of sp³-hybridized carbons (Fsp3) is 0.400. The van der Waals surface area contributed by atoms with E-state index in [0.717, 1.165) is 17.0 Å². The first-order valence-corrected chi connectivity index (χ1v) is 9.30. The molecule has 0 N–H and O–H groups in total. The number of fused-ring (bicyclic) bond motifs is 3. The van der Waals surface area contributed by atoms with Crippen molar-refractivity contribution in [2.24, 2.45) is 0 Å². The molecule has 6 heteroatoms. The van der Waals surface area contributed by atoms with Crippen molar-refractivity contribution in [3.05, 3.63) is 42.0 Å². The molecule has 0 aromatic carbocycles. The van der Waals surface area contributed by atoms with Crippen molar-refractivity contribution in [3.63, 3.8) is 0 Å². The minimum Gasteiger partial charge on any atom is -0.422 e. The van der Waals surface area contributed by atoms with E-state index in [2.05, 4.69) is 51.6 Å². The molecular weight excluding hydrogens is 326 g/mol. The van der Waals surface area contributed by atoms with Gasteiger partial charge in [-0.25, -0.2) is 9.97 Å². The number of rotatable bonds is 3. The van der Waals surface area contributed by atoms with E-state index in [1.807, 2.05) is 6.20 Å². The largest absolute Gasteiger partial charge is 0.422 e. The highest BCUT2D eigenvalue weighted by molar-refractivity contribution is 5.83. The molecule has 1 fully saturated rings. The first-order valence-electron chi connectivity index (χ1n) is 9.30. The molecule has 26 heavy (non-hydrogen) atoms. The second-order valence-electron chi connectivity index (χ2n) is 7.44. The third-order valence-corrected chi connectivity index (χ3v) is 5.42. The number of pyridine rings is 2. The lowest BCUT2D eigenvalue weighted by molar-refractivity contribution is 0.567. The van der Waals surface area contributed by atoms with Crippen molar-refractivity contribution >= 4 is 16.7 Å². The molecule has 5 rings (SSSR count). The van der Waals surface area contributed by atoms with Crippen LogP contribution in [-0.2, 0) is 0 Å². The second kappa shape index (κ2) is 5.90. The van der Waals surface area contributed by atoms with Crippen LogP contribution < -0.4 is 0 Å². The monoisotopic (exact) mass is 347 g/mol. The summed E-state index contributed by atoms with van der Waals surface area (Å²) < 4.78 is 7.36. The average molecular weight is 347 g/mol. The van der Waals surface area contributed by atoms with Crippen molar-refractivity contribution in [3.8, 4) is 11.6 Å². The Bertz CT molecular complexity index is 1070. The molecule has 0 spiro atoms. The van der Waals surface area contributed by atoms with Crippen LogP contribution in [0.1, 0.15) is 62.6 Å². The molecule has 0 radical (unpaired) electrons. The summed E-state index contributed by atoms with van der Waals surface area (Å²) in [6.45, 7) is 4.40. The van der Waals surface area contributed by atoms with Crippen molar-refractivity contribution < 1.29 is 4.42 Å². The van der Waals surface area contributed by atoms with Crippen molar-refractivity contribution in [2.75, 3.05) is 0 Å².